The van der Waals surface area contributed by atoms with Gasteiger partial charge in [-0.1, -0.05) is 0 Å². The van der Waals surface area contributed by atoms with E-state index >= 15 is 0 Å². The molecule has 0 spiro atoms. The van der Waals surface area contributed by atoms with Gasteiger partial charge in [0.1, 0.15) is 0 Å². The first-order valence-corrected chi connectivity index (χ1v) is 5.16. The van der Waals surface area contributed by atoms with Crippen LogP contribution in [0.5, 0.6) is 0 Å². The highest BCUT2D eigenvalue weighted by molar-refractivity contribution is 4.87. The first-order chi connectivity index (χ1) is 7.18. The molecule has 5 heteroatoms. The Hall–Kier alpha value is -1.36. The Bertz CT molecular complexity index is 440. The number of aromatic nitrogens is 2. The molecule has 1 aliphatic rings. The van der Waals surface area contributed by atoms with Crippen molar-refractivity contribution in [1.29, 1.82) is 0 Å². The molecule has 0 atom stereocenters. The molecule has 1 heterocycles. The average Bonchev–Trinajstić information content (AvgIpc) is 2.24. The van der Waals surface area contributed by atoms with E-state index in [1.54, 1.807) is 6.20 Å². The first-order valence-electron chi connectivity index (χ1n) is 5.16. The number of aromatic amines is 1. The van der Waals surface area contributed by atoms with Crippen LogP contribution in [0, 0.1) is 0 Å². The summed E-state index contributed by atoms with van der Waals surface area (Å²) in [5.74, 6) is 0. The molecule has 2 N–H and O–H groups in total. The van der Waals surface area contributed by atoms with E-state index in [9.17, 15) is 14.7 Å². The monoisotopic (exact) mass is 210 g/mol. The lowest BCUT2D eigenvalue weighted by Crippen LogP contribution is -2.38. The Morgan fingerprint density at radius 1 is 1.27 bits per heavy atom. The van der Waals surface area contributed by atoms with Gasteiger partial charge in [0.2, 0.25) is 0 Å². The minimum atomic E-state index is -0.580. The molecule has 0 bridgehead atoms. The topological polar surface area (TPSA) is 75.1 Å². The molecular weight excluding hydrogens is 196 g/mol. The Morgan fingerprint density at radius 3 is 2.60 bits per heavy atom. The lowest BCUT2D eigenvalue weighted by molar-refractivity contribution is 0.110. The van der Waals surface area contributed by atoms with E-state index in [4.69, 9.17) is 0 Å². The largest absolute Gasteiger partial charge is 0.393 e. The second-order valence-electron chi connectivity index (χ2n) is 3.96. The van der Waals surface area contributed by atoms with Gasteiger partial charge in [0.15, 0.2) is 0 Å². The lowest BCUT2D eigenvalue weighted by atomic mass is 9.93. The second kappa shape index (κ2) is 4.02. The number of rotatable bonds is 1. The SMILES string of the molecule is O=c1[nH]ccn(C2CCC(O)CC2)c1=O. The van der Waals surface area contributed by atoms with Gasteiger partial charge in [-0.3, -0.25) is 9.59 Å². The summed E-state index contributed by atoms with van der Waals surface area (Å²) < 4.78 is 1.48. The quantitative estimate of drug-likeness (QED) is 0.641. The van der Waals surface area contributed by atoms with Gasteiger partial charge in [-0.2, -0.15) is 0 Å². The summed E-state index contributed by atoms with van der Waals surface area (Å²) in [6.07, 6.45) is 5.74. The van der Waals surface area contributed by atoms with Gasteiger partial charge >= 0.3 is 11.1 Å². The van der Waals surface area contributed by atoms with E-state index in [1.807, 2.05) is 0 Å². The van der Waals surface area contributed by atoms with Crippen LogP contribution in [0.15, 0.2) is 22.0 Å². The standard InChI is InChI=1S/C10H14N2O3/c13-8-3-1-7(2-4-8)12-6-5-11-9(14)10(12)15/h5-8,13H,1-4H2,(H,11,14). The highest BCUT2D eigenvalue weighted by Crippen LogP contribution is 2.26. The minimum absolute atomic E-state index is 0.0585. The summed E-state index contributed by atoms with van der Waals surface area (Å²) in [5.41, 5.74) is -1.08. The van der Waals surface area contributed by atoms with Gasteiger partial charge < -0.3 is 14.7 Å². The third-order valence-corrected chi connectivity index (χ3v) is 2.94. The molecule has 0 aliphatic heterocycles. The van der Waals surface area contributed by atoms with Crippen LogP contribution in [-0.2, 0) is 0 Å². The van der Waals surface area contributed by atoms with Crippen molar-refractivity contribution in [2.75, 3.05) is 0 Å². The van der Waals surface area contributed by atoms with Crippen LogP contribution in [-0.4, -0.2) is 20.8 Å². The molecule has 2 rings (SSSR count). The maximum atomic E-state index is 11.5. The fraction of sp³-hybridized carbons (Fsp3) is 0.600. The number of hydrogen-bond acceptors (Lipinski definition) is 3. The van der Waals surface area contributed by atoms with Crippen LogP contribution >= 0.6 is 0 Å². The first kappa shape index (κ1) is 10.2. The van der Waals surface area contributed by atoms with Crippen LogP contribution < -0.4 is 11.1 Å². The van der Waals surface area contributed by atoms with Crippen molar-refractivity contribution in [2.24, 2.45) is 0 Å². The summed E-state index contributed by atoms with van der Waals surface area (Å²) in [6, 6.07) is 0.0585. The molecule has 0 amide bonds. The van der Waals surface area contributed by atoms with E-state index in [2.05, 4.69) is 4.98 Å². The summed E-state index contributed by atoms with van der Waals surface area (Å²) >= 11 is 0. The van der Waals surface area contributed by atoms with Gasteiger partial charge in [0, 0.05) is 18.4 Å². The number of H-pyrrole nitrogens is 1. The van der Waals surface area contributed by atoms with Crippen LogP contribution in [0.3, 0.4) is 0 Å². The lowest BCUT2D eigenvalue weighted by Gasteiger charge is -2.26. The predicted molar refractivity (Wildman–Crippen MR) is 54.8 cm³/mol. The molecule has 5 nitrogen and oxygen atoms in total. The minimum Gasteiger partial charge on any atom is -0.393 e. The maximum absolute atomic E-state index is 11.5. The molecule has 1 aliphatic carbocycles. The van der Waals surface area contributed by atoms with Crippen molar-refractivity contribution < 1.29 is 5.11 Å². The fourth-order valence-corrected chi connectivity index (χ4v) is 2.06. The van der Waals surface area contributed by atoms with Crippen molar-refractivity contribution in [3.63, 3.8) is 0 Å². The fourth-order valence-electron chi connectivity index (χ4n) is 2.06. The maximum Gasteiger partial charge on any atom is 0.316 e. The van der Waals surface area contributed by atoms with Gasteiger partial charge in [0.25, 0.3) is 0 Å². The van der Waals surface area contributed by atoms with Gasteiger partial charge in [-0.25, -0.2) is 0 Å². The molecule has 0 radical (unpaired) electrons. The number of nitrogens with one attached hydrogen (secondary N) is 1. The Morgan fingerprint density at radius 2 is 1.93 bits per heavy atom. The molecule has 1 saturated carbocycles. The summed E-state index contributed by atoms with van der Waals surface area (Å²) in [5, 5.41) is 9.34. The Labute approximate surface area is 86.4 Å². The van der Waals surface area contributed by atoms with Crippen molar-refractivity contribution in [1.82, 2.24) is 9.55 Å². The highest BCUT2D eigenvalue weighted by Gasteiger charge is 2.21. The zero-order chi connectivity index (χ0) is 10.8. The number of hydrogen-bond donors (Lipinski definition) is 2. The summed E-state index contributed by atoms with van der Waals surface area (Å²) in [6.45, 7) is 0. The Kier molecular flexibility index (Phi) is 2.73. The molecule has 0 aromatic carbocycles. The van der Waals surface area contributed by atoms with Crippen molar-refractivity contribution in [2.45, 2.75) is 37.8 Å². The number of aliphatic hydroxyl groups excluding tert-OH is 1. The van der Waals surface area contributed by atoms with Crippen molar-refractivity contribution >= 4 is 0 Å². The Balaban J connectivity index is 2.27. The van der Waals surface area contributed by atoms with Crippen LogP contribution in [0.2, 0.25) is 0 Å². The number of nitrogens with zero attached hydrogens (tertiary/aromatic N) is 1. The van der Waals surface area contributed by atoms with Crippen LogP contribution in [0.4, 0.5) is 0 Å². The van der Waals surface area contributed by atoms with E-state index in [0.717, 1.165) is 12.8 Å². The average molecular weight is 210 g/mol. The molecule has 0 saturated heterocycles. The molecule has 1 fully saturated rings. The van der Waals surface area contributed by atoms with E-state index < -0.39 is 11.1 Å². The zero-order valence-electron chi connectivity index (χ0n) is 8.35. The molecule has 82 valence electrons. The number of aliphatic hydroxyl groups is 1. The van der Waals surface area contributed by atoms with Gasteiger partial charge in [-0.15, -0.1) is 0 Å². The predicted octanol–water partition coefficient (Wildman–Crippen LogP) is 0.0126. The van der Waals surface area contributed by atoms with Crippen molar-refractivity contribution in [3.05, 3.63) is 33.1 Å². The van der Waals surface area contributed by atoms with Gasteiger partial charge in [-0.05, 0) is 25.7 Å². The molecule has 1 aromatic heterocycles. The van der Waals surface area contributed by atoms with E-state index in [1.165, 1.54) is 10.8 Å². The van der Waals surface area contributed by atoms with E-state index in [0.29, 0.717) is 12.8 Å². The normalized spacial score (nSPS) is 26.5. The van der Waals surface area contributed by atoms with Gasteiger partial charge in [0.05, 0.1) is 6.10 Å². The third kappa shape index (κ3) is 2.02. The molecule has 15 heavy (non-hydrogen) atoms. The van der Waals surface area contributed by atoms with Crippen molar-refractivity contribution in [3.8, 4) is 0 Å². The molecular formula is C10H14N2O3. The second-order valence-corrected chi connectivity index (χ2v) is 3.96. The summed E-state index contributed by atoms with van der Waals surface area (Å²) in [7, 11) is 0. The summed E-state index contributed by atoms with van der Waals surface area (Å²) in [4.78, 5) is 25.0. The van der Waals surface area contributed by atoms with Crippen LogP contribution in [0.25, 0.3) is 0 Å². The van der Waals surface area contributed by atoms with Crippen LogP contribution in [0.1, 0.15) is 31.7 Å². The molecule has 0 unspecified atom stereocenters. The third-order valence-electron chi connectivity index (χ3n) is 2.94. The zero-order valence-corrected chi connectivity index (χ0v) is 8.35. The highest BCUT2D eigenvalue weighted by atomic mass is 16.3. The van der Waals surface area contributed by atoms with E-state index in [-0.39, 0.29) is 12.1 Å². The smallest absolute Gasteiger partial charge is 0.316 e. The molecule has 1 aromatic rings.